The summed E-state index contributed by atoms with van der Waals surface area (Å²) in [4.78, 5) is 0. The Bertz CT molecular complexity index is 916. The molecule has 3 atom stereocenters. The summed E-state index contributed by atoms with van der Waals surface area (Å²) in [6.07, 6.45) is 0.808. The largest absolute Gasteiger partial charge is 0.358 e. The van der Waals surface area contributed by atoms with Crippen molar-refractivity contribution in [1.29, 1.82) is 0 Å². The van der Waals surface area contributed by atoms with Crippen molar-refractivity contribution >= 4 is 43.2 Å². The van der Waals surface area contributed by atoms with E-state index in [-0.39, 0.29) is 49.3 Å². The third-order valence-electron chi connectivity index (χ3n) is 5.58. The summed E-state index contributed by atoms with van der Waals surface area (Å²) in [5, 5.41) is 22.5. The van der Waals surface area contributed by atoms with Crippen LogP contribution in [0.1, 0.15) is 23.6 Å². The zero-order valence-electron chi connectivity index (χ0n) is 18.0. The first-order valence-electron chi connectivity index (χ1n) is 9.85. The molecule has 32 heavy (non-hydrogen) atoms. The van der Waals surface area contributed by atoms with Crippen molar-refractivity contribution in [3.05, 3.63) is 71.8 Å². The highest BCUT2D eigenvalue weighted by Gasteiger charge is 2.46. The molecule has 176 valence electrons. The van der Waals surface area contributed by atoms with Crippen molar-refractivity contribution in [2.45, 2.75) is 30.8 Å². The number of anilines is 1. The molecule has 0 aliphatic carbocycles. The van der Waals surface area contributed by atoms with Crippen molar-refractivity contribution in [1.82, 2.24) is 30.8 Å². The van der Waals surface area contributed by atoms with Crippen LogP contribution in [0.2, 0.25) is 0 Å². The second kappa shape index (κ2) is 12.9. The van der Waals surface area contributed by atoms with Gasteiger partial charge in [-0.2, -0.15) is 0 Å². The summed E-state index contributed by atoms with van der Waals surface area (Å²) in [6, 6.07) is 20.8. The molecule has 2 heterocycles. The highest BCUT2D eigenvalue weighted by atomic mass is 35.5. The Kier molecular flexibility index (Phi) is 11.4. The zero-order valence-corrected chi connectivity index (χ0v) is 20.4. The third-order valence-corrected chi connectivity index (χ3v) is 5.58. The molecular formula is C21H30Cl3N7O. The van der Waals surface area contributed by atoms with Gasteiger partial charge in [0.15, 0.2) is 5.72 Å². The lowest BCUT2D eigenvalue weighted by Crippen LogP contribution is -2.63. The van der Waals surface area contributed by atoms with Crippen LogP contribution in [0.3, 0.4) is 0 Å². The van der Waals surface area contributed by atoms with Crippen LogP contribution in [0.25, 0.3) is 0 Å². The van der Waals surface area contributed by atoms with Crippen LogP contribution in [-0.2, 0) is 17.0 Å². The van der Waals surface area contributed by atoms with E-state index in [0.717, 1.165) is 18.5 Å². The Morgan fingerprint density at radius 2 is 1.72 bits per heavy atom. The molecule has 3 aromatic rings. The van der Waals surface area contributed by atoms with Gasteiger partial charge in [-0.05, 0) is 22.4 Å². The predicted octanol–water partition coefficient (Wildman–Crippen LogP) is 3.17. The van der Waals surface area contributed by atoms with Gasteiger partial charge in [0, 0.05) is 32.8 Å². The minimum Gasteiger partial charge on any atom is -0.358 e. The van der Waals surface area contributed by atoms with Crippen LogP contribution in [0.5, 0.6) is 0 Å². The van der Waals surface area contributed by atoms with Gasteiger partial charge in [0.25, 0.3) is 0 Å². The molecule has 4 rings (SSSR count). The predicted molar refractivity (Wildman–Crippen MR) is 133 cm³/mol. The minimum absolute atomic E-state index is 0. The topological polar surface area (TPSA) is 88.9 Å². The quantitative estimate of drug-likeness (QED) is 0.457. The third kappa shape index (κ3) is 5.70. The number of nitrogens with one attached hydrogen (secondary N) is 3. The fourth-order valence-electron chi connectivity index (χ4n) is 4.09. The molecule has 0 bridgehead atoms. The molecule has 2 aromatic carbocycles. The molecule has 1 aromatic heterocycles. The van der Waals surface area contributed by atoms with Crippen LogP contribution < -0.4 is 16.0 Å². The van der Waals surface area contributed by atoms with Gasteiger partial charge in [0.2, 0.25) is 5.95 Å². The number of hydrogen-bond acceptors (Lipinski definition) is 7. The number of aromatic nitrogens is 4. The van der Waals surface area contributed by atoms with E-state index in [2.05, 4.69) is 67.9 Å². The van der Waals surface area contributed by atoms with Crippen molar-refractivity contribution in [3.8, 4) is 0 Å². The maximum absolute atomic E-state index is 6.14. The zero-order chi connectivity index (χ0) is 20.1. The number of halogens is 3. The first kappa shape index (κ1) is 28.1. The molecule has 1 aliphatic rings. The van der Waals surface area contributed by atoms with Gasteiger partial charge in [-0.25, -0.2) is 4.68 Å². The van der Waals surface area contributed by atoms with E-state index >= 15 is 0 Å². The molecular weight excluding hydrogens is 473 g/mol. The van der Waals surface area contributed by atoms with Gasteiger partial charge < -0.3 is 15.4 Å². The summed E-state index contributed by atoms with van der Waals surface area (Å²) in [5.41, 5.74) is 1.68. The van der Waals surface area contributed by atoms with Gasteiger partial charge in [-0.3, -0.25) is 5.32 Å². The second-order valence-electron chi connectivity index (χ2n) is 7.19. The number of methoxy groups -OCH3 is 1. The fraction of sp³-hybridized carbons (Fsp3) is 0.381. The van der Waals surface area contributed by atoms with Crippen LogP contribution >= 0.6 is 37.2 Å². The smallest absolute Gasteiger partial charge is 0.242 e. The Balaban J connectivity index is 0.00000171. The summed E-state index contributed by atoms with van der Waals surface area (Å²) >= 11 is 0. The van der Waals surface area contributed by atoms with Crippen molar-refractivity contribution < 1.29 is 4.74 Å². The molecule has 1 aliphatic heterocycles. The molecule has 0 spiro atoms. The van der Waals surface area contributed by atoms with E-state index in [1.165, 1.54) is 5.56 Å². The highest BCUT2D eigenvalue weighted by Crippen LogP contribution is 2.35. The lowest BCUT2D eigenvalue weighted by atomic mass is 9.85. The van der Waals surface area contributed by atoms with E-state index in [1.807, 2.05) is 36.0 Å². The Labute approximate surface area is 207 Å². The Morgan fingerprint density at radius 1 is 1.06 bits per heavy atom. The number of tetrazole rings is 1. The summed E-state index contributed by atoms with van der Waals surface area (Å²) < 4.78 is 7.98. The normalized spacial score (nSPS) is 22.1. The number of hydrogen-bond donors (Lipinski definition) is 3. The van der Waals surface area contributed by atoms with E-state index in [0.29, 0.717) is 12.5 Å². The molecule has 11 heteroatoms. The molecule has 1 saturated heterocycles. The Morgan fingerprint density at radius 3 is 2.34 bits per heavy atom. The number of ether oxygens (including phenoxy) is 1. The average Bonchev–Trinajstić information content (AvgIpc) is 3.28. The molecule has 0 radical (unpaired) electrons. The molecule has 1 unspecified atom stereocenters. The van der Waals surface area contributed by atoms with Crippen LogP contribution in [0, 0.1) is 0 Å². The first-order chi connectivity index (χ1) is 14.3. The highest BCUT2D eigenvalue weighted by molar-refractivity contribution is 5.86. The monoisotopic (exact) mass is 501 g/mol. The minimum atomic E-state index is -0.639. The summed E-state index contributed by atoms with van der Waals surface area (Å²) in [6.45, 7) is 1.43. The second-order valence-corrected chi connectivity index (χ2v) is 7.19. The maximum Gasteiger partial charge on any atom is 0.242 e. The number of piperidine rings is 1. The van der Waals surface area contributed by atoms with Crippen LogP contribution in [0.4, 0.5) is 5.95 Å². The molecule has 3 N–H and O–H groups in total. The van der Waals surface area contributed by atoms with E-state index in [9.17, 15) is 0 Å². The average molecular weight is 503 g/mol. The lowest BCUT2D eigenvalue weighted by Gasteiger charge is -2.47. The van der Waals surface area contributed by atoms with Gasteiger partial charge in [0.1, 0.15) is 0 Å². The summed E-state index contributed by atoms with van der Waals surface area (Å²) in [5.74, 6) is 0.656. The standard InChI is InChI=1S/C21H27N7O.3ClH/c1-22-20-25-26-27-28(20)18-13-19(23-14-16-9-5-3-6-10-16)21(29-2,24-15-18)17-11-7-4-8-12-17;;;/h3-12,18-19,23-24H,13-15H2,1-2H3,(H,22,25,27);3*1H/t18?,19-,21-;;;/m0.../s1. The molecule has 8 nitrogen and oxygen atoms in total. The lowest BCUT2D eigenvalue weighted by molar-refractivity contribution is -0.0987. The van der Waals surface area contributed by atoms with Crippen LogP contribution in [0.15, 0.2) is 60.7 Å². The van der Waals surface area contributed by atoms with Gasteiger partial charge in [0.05, 0.1) is 12.1 Å². The maximum atomic E-state index is 6.14. The van der Waals surface area contributed by atoms with E-state index in [4.69, 9.17) is 4.74 Å². The molecule has 0 saturated carbocycles. The van der Waals surface area contributed by atoms with Gasteiger partial charge in [-0.15, -0.1) is 37.2 Å². The van der Waals surface area contributed by atoms with Crippen LogP contribution in [-0.4, -0.2) is 47.0 Å². The fourth-order valence-corrected chi connectivity index (χ4v) is 4.09. The molecule has 1 fully saturated rings. The van der Waals surface area contributed by atoms with E-state index in [1.54, 1.807) is 7.11 Å². The summed E-state index contributed by atoms with van der Waals surface area (Å²) in [7, 11) is 3.58. The van der Waals surface area contributed by atoms with Gasteiger partial charge >= 0.3 is 0 Å². The Hall–Kier alpha value is -1.94. The van der Waals surface area contributed by atoms with Gasteiger partial charge in [-0.1, -0.05) is 65.8 Å². The molecule has 0 amide bonds. The van der Waals surface area contributed by atoms with Crippen molar-refractivity contribution in [3.63, 3.8) is 0 Å². The van der Waals surface area contributed by atoms with Crippen molar-refractivity contribution in [2.24, 2.45) is 0 Å². The number of nitrogens with zero attached hydrogens (tertiary/aromatic N) is 4. The number of rotatable bonds is 7. The SMILES string of the molecule is CNc1nnnn1C1CN[C@](OC)(c2ccccc2)[C@@H](NCc2ccccc2)C1.Cl.Cl.Cl. The number of benzene rings is 2. The first-order valence-corrected chi connectivity index (χ1v) is 9.85. The van der Waals surface area contributed by atoms with Crippen molar-refractivity contribution in [2.75, 3.05) is 26.0 Å². The van der Waals surface area contributed by atoms with E-state index < -0.39 is 5.72 Å².